The number of aromatic nitrogens is 2. The van der Waals surface area contributed by atoms with Crippen molar-refractivity contribution in [2.45, 2.75) is 57.2 Å². The summed E-state index contributed by atoms with van der Waals surface area (Å²) in [7, 11) is 1.79. The van der Waals surface area contributed by atoms with Crippen molar-refractivity contribution in [2.24, 2.45) is 7.05 Å². The Labute approximate surface area is 177 Å². The molecule has 6 nitrogen and oxygen atoms in total. The SMILES string of the molecule is C[C@@H](N[S@+]([O-])C(C)(C)C)c1cc(Br)cc2c(=O)n(C)c(C3CCOCC3)nc12. The number of rotatable bonds is 4. The van der Waals surface area contributed by atoms with Crippen LogP contribution in [0, 0.1) is 0 Å². The van der Waals surface area contributed by atoms with E-state index in [-0.39, 0.29) is 22.3 Å². The summed E-state index contributed by atoms with van der Waals surface area (Å²) in [5.41, 5.74) is 1.49. The van der Waals surface area contributed by atoms with Crippen LogP contribution in [0.3, 0.4) is 0 Å². The summed E-state index contributed by atoms with van der Waals surface area (Å²) in [5, 5.41) is 0.567. The Hall–Kier alpha value is -0.930. The van der Waals surface area contributed by atoms with Gasteiger partial charge in [0.1, 0.15) is 10.6 Å². The Bertz CT molecular complexity index is 920. The highest BCUT2D eigenvalue weighted by atomic mass is 79.9. The molecule has 3 rings (SSSR count). The minimum Gasteiger partial charge on any atom is -0.598 e. The van der Waals surface area contributed by atoms with Crippen molar-refractivity contribution in [3.8, 4) is 0 Å². The molecule has 154 valence electrons. The molecule has 1 aliphatic rings. The number of halogens is 1. The normalized spacial score (nSPS) is 18.4. The molecule has 2 aromatic rings. The van der Waals surface area contributed by atoms with E-state index in [4.69, 9.17) is 9.72 Å². The molecular weight excluding hydrogens is 442 g/mol. The summed E-state index contributed by atoms with van der Waals surface area (Å²) >= 11 is 2.29. The van der Waals surface area contributed by atoms with Gasteiger partial charge in [0, 0.05) is 47.6 Å². The highest BCUT2D eigenvalue weighted by Crippen LogP contribution is 2.30. The summed E-state index contributed by atoms with van der Waals surface area (Å²) in [6.07, 6.45) is 1.72. The van der Waals surface area contributed by atoms with Crippen molar-refractivity contribution < 1.29 is 9.29 Å². The molecule has 1 aliphatic heterocycles. The van der Waals surface area contributed by atoms with Crippen LogP contribution in [0.15, 0.2) is 21.4 Å². The molecule has 2 heterocycles. The van der Waals surface area contributed by atoms with E-state index in [0.717, 1.165) is 28.7 Å². The first-order valence-electron chi connectivity index (χ1n) is 9.55. The molecule has 0 unspecified atom stereocenters. The van der Waals surface area contributed by atoms with Crippen LogP contribution in [0.1, 0.15) is 63.9 Å². The average molecular weight is 470 g/mol. The predicted octanol–water partition coefficient (Wildman–Crippen LogP) is 3.70. The van der Waals surface area contributed by atoms with Gasteiger partial charge in [0.15, 0.2) is 0 Å². The van der Waals surface area contributed by atoms with Crippen molar-refractivity contribution in [1.29, 1.82) is 0 Å². The Morgan fingerprint density at radius 3 is 2.61 bits per heavy atom. The lowest BCUT2D eigenvalue weighted by Gasteiger charge is -2.27. The highest BCUT2D eigenvalue weighted by Gasteiger charge is 2.30. The van der Waals surface area contributed by atoms with E-state index >= 15 is 0 Å². The summed E-state index contributed by atoms with van der Waals surface area (Å²) in [6, 6.07) is 3.55. The van der Waals surface area contributed by atoms with Gasteiger partial charge >= 0.3 is 0 Å². The van der Waals surface area contributed by atoms with E-state index in [2.05, 4.69) is 20.7 Å². The maximum atomic E-state index is 13.1. The third-order valence-electron chi connectivity index (χ3n) is 5.10. The summed E-state index contributed by atoms with van der Waals surface area (Å²) in [5.74, 6) is 1.01. The molecule has 0 saturated carbocycles. The lowest BCUT2D eigenvalue weighted by atomic mass is 9.98. The summed E-state index contributed by atoms with van der Waals surface area (Å²) < 4.78 is 23.3. The van der Waals surface area contributed by atoms with E-state index in [1.165, 1.54) is 0 Å². The van der Waals surface area contributed by atoms with Crippen LogP contribution in [-0.4, -0.2) is 32.1 Å². The molecule has 1 N–H and O–H groups in total. The fourth-order valence-corrected chi connectivity index (χ4v) is 4.71. The lowest BCUT2D eigenvalue weighted by Crippen LogP contribution is -2.40. The molecule has 28 heavy (non-hydrogen) atoms. The average Bonchev–Trinajstić information content (AvgIpc) is 2.64. The number of hydrogen-bond acceptors (Lipinski definition) is 5. The van der Waals surface area contributed by atoms with Crippen molar-refractivity contribution in [1.82, 2.24) is 14.3 Å². The van der Waals surface area contributed by atoms with E-state index in [9.17, 15) is 9.35 Å². The van der Waals surface area contributed by atoms with Gasteiger partial charge in [0.05, 0.1) is 16.9 Å². The highest BCUT2D eigenvalue weighted by molar-refractivity contribution is 9.10. The lowest BCUT2D eigenvalue weighted by molar-refractivity contribution is 0.0828. The van der Waals surface area contributed by atoms with Crippen LogP contribution in [0.5, 0.6) is 0 Å². The second kappa shape index (κ2) is 8.44. The number of nitrogens with one attached hydrogen (secondary N) is 1. The number of hydrogen-bond donors (Lipinski definition) is 1. The van der Waals surface area contributed by atoms with Gasteiger partial charge in [-0.05, 0) is 52.7 Å². The fraction of sp³-hybridized carbons (Fsp3) is 0.600. The van der Waals surface area contributed by atoms with Crippen LogP contribution in [-0.2, 0) is 23.1 Å². The van der Waals surface area contributed by atoms with Crippen LogP contribution >= 0.6 is 15.9 Å². The Morgan fingerprint density at radius 1 is 1.36 bits per heavy atom. The molecule has 1 aromatic heterocycles. The van der Waals surface area contributed by atoms with Crippen LogP contribution in [0.4, 0.5) is 0 Å². The van der Waals surface area contributed by atoms with Crippen LogP contribution < -0.4 is 10.3 Å². The molecule has 0 aliphatic carbocycles. The van der Waals surface area contributed by atoms with Gasteiger partial charge in [-0.2, -0.15) is 0 Å². The smallest absolute Gasteiger partial charge is 0.261 e. The minimum atomic E-state index is -1.23. The molecule has 1 saturated heterocycles. The monoisotopic (exact) mass is 469 g/mol. The number of nitrogens with zero attached hydrogens (tertiary/aromatic N) is 2. The molecule has 0 amide bonds. The Morgan fingerprint density at radius 2 is 2.00 bits per heavy atom. The first-order chi connectivity index (χ1) is 13.1. The van der Waals surface area contributed by atoms with Crippen LogP contribution in [0.2, 0.25) is 0 Å². The Kier molecular flexibility index (Phi) is 6.56. The molecule has 0 bridgehead atoms. The number of ether oxygens (including phenoxy) is 1. The standard InChI is InChI=1S/C20H28BrN3O3S/c1-12(23-28(26)20(2,3)4)15-10-14(21)11-16-17(15)22-18(24(5)19(16)25)13-6-8-27-9-7-13/h10-13,23H,6-9H2,1-5H3/t12-,28-/m1/s1. The zero-order valence-corrected chi connectivity index (χ0v) is 19.4. The van der Waals surface area contributed by atoms with Gasteiger partial charge in [-0.1, -0.05) is 15.9 Å². The maximum Gasteiger partial charge on any atom is 0.261 e. The van der Waals surface area contributed by atoms with Crippen molar-refractivity contribution in [3.05, 3.63) is 38.3 Å². The molecule has 1 aromatic carbocycles. The third-order valence-corrected chi connectivity index (χ3v) is 7.24. The van der Waals surface area contributed by atoms with E-state index in [0.29, 0.717) is 24.1 Å². The van der Waals surface area contributed by atoms with Crippen LogP contribution in [0.25, 0.3) is 10.9 Å². The first-order valence-corrected chi connectivity index (χ1v) is 11.5. The molecule has 1 fully saturated rings. The molecule has 8 heteroatoms. The van der Waals surface area contributed by atoms with Crippen molar-refractivity contribution in [2.75, 3.05) is 13.2 Å². The van der Waals surface area contributed by atoms with Gasteiger partial charge < -0.3 is 9.29 Å². The molecule has 0 radical (unpaired) electrons. The fourth-order valence-electron chi connectivity index (χ4n) is 3.43. The molecule has 0 spiro atoms. The summed E-state index contributed by atoms with van der Waals surface area (Å²) in [6.45, 7) is 9.12. The van der Waals surface area contributed by atoms with Gasteiger partial charge in [-0.3, -0.25) is 9.36 Å². The maximum absolute atomic E-state index is 13.1. The second-order valence-electron chi connectivity index (χ2n) is 8.33. The number of fused-ring (bicyclic) bond motifs is 1. The largest absolute Gasteiger partial charge is 0.598 e. The van der Waals surface area contributed by atoms with Crippen molar-refractivity contribution in [3.63, 3.8) is 0 Å². The van der Waals surface area contributed by atoms with Gasteiger partial charge in [-0.15, -0.1) is 4.72 Å². The van der Waals surface area contributed by atoms with E-state index in [1.807, 2.05) is 39.8 Å². The summed E-state index contributed by atoms with van der Waals surface area (Å²) in [4.78, 5) is 18.0. The first kappa shape index (κ1) is 21.8. The van der Waals surface area contributed by atoms with Gasteiger partial charge in [-0.25, -0.2) is 4.98 Å². The second-order valence-corrected chi connectivity index (χ2v) is 11.2. The van der Waals surface area contributed by atoms with Crippen molar-refractivity contribution >= 4 is 38.2 Å². The predicted molar refractivity (Wildman–Crippen MR) is 117 cm³/mol. The molecule has 2 atom stereocenters. The quantitative estimate of drug-likeness (QED) is 0.690. The van der Waals surface area contributed by atoms with E-state index in [1.54, 1.807) is 11.6 Å². The zero-order chi connectivity index (χ0) is 20.6. The van der Waals surface area contributed by atoms with E-state index < -0.39 is 11.4 Å². The number of benzene rings is 1. The minimum absolute atomic E-state index is 0.0572. The Balaban J connectivity index is 2.12. The van der Waals surface area contributed by atoms with Gasteiger partial charge in [0.25, 0.3) is 5.56 Å². The zero-order valence-electron chi connectivity index (χ0n) is 17.0. The topological polar surface area (TPSA) is 79.2 Å². The van der Waals surface area contributed by atoms with Gasteiger partial charge in [0.2, 0.25) is 0 Å². The molecular formula is C20H28BrN3O3S. The third kappa shape index (κ3) is 4.46.